The van der Waals surface area contributed by atoms with E-state index in [2.05, 4.69) is 15.9 Å². The van der Waals surface area contributed by atoms with Crippen LogP contribution in [0.4, 0.5) is 0 Å². The number of sulfonamides is 1. The van der Waals surface area contributed by atoms with Crippen LogP contribution in [0.5, 0.6) is 0 Å². The van der Waals surface area contributed by atoms with Gasteiger partial charge in [-0.2, -0.15) is 4.31 Å². The monoisotopic (exact) mass is 345 g/mol. The predicted molar refractivity (Wildman–Crippen MR) is 77.1 cm³/mol. The minimum atomic E-state index is -3.38. The predicted octanol–water partition coefficient (Wildman–Crippen LogP) is 3.33. The zero-order valence-corrected chi connectivity index (χ0v) is 12.9. The molecule has 0 unspecified atom stereocenters. The van der Waals surface area contributed by atoms with Gasteiger partial charge in [0.1, 0.15) is 4.21 Å². The van der Waals surface area contributed by atoms with Crippen molar-refractivity contribution in [3.8, 4) is 0 Å². The van der Waals surface area contributed by atoms with Gasteiger partial charge in [0.15, 0.2) is 0 Å². The van der Waals surface area contributed by atoms with Crippen molar-refractivity contribution < 1.29 is 8.42 Å². The second-order valence-corrected chi connectivity index (χ2v) is 7.86. The largest absolute Gasteiger partial charge is 0.252 e. The maximum atomic E-state index is 12.2. The summed E-state index contributed by atoms with van der Waals surface area (Å²) in [6.07, 6.45) is 0. The lowest BCUT2D eigenvalue weighted by Gasteiger charge is -2.16. The molecule has 3 nitrogen and oxygen atoms in total. The molecule has 0 amide bonds. The van der Waals surface area contributed by atoms with Gasteiger partial charge in [0, 0.05) is 18.1 Å². The van der Waals surface area contributed by atoms with Crippen LogP contribution in [0.3, 0.4) is 0 Å². The van der Waals surface area contributed by atoms with Gasteiger partial charge in [0.2, 0.25) is 0 Å². The zero-order chi connectivity index (χ0) is 13.2. The highest BCUT2D eigenvalue weighted by Crippen LogP contribution is 2.23. The molecule has 1 heterocycles. The summed E-state index contributed by atoms with van der Waals surface area (Å²) >= 11 is 4.65. The normalized spacial score (nSPS) is 11.9. The van der Waals surface area contributed by atoms with Crippen LogP contribution in [0.2, 0.25) is 0 Å². The van der Waals surface area contributed by atoms with Gasteiger partial charge in [-0.3, -0.25) is 0 Å². The van der Waals surface area contributed by atoms with Crippen molar-refractivity contribution in [3.63, 3.8) is 0 Å². The Morgan fingerprint density at radius 3 is 2.56 bits per heavy atom. The smallest absolute Gasteiger partial charge is 0.206 e. The second kappa shape index (κ2) is 5.52. The van der Waals surface area contributed by atoms with Crippen molar-refractivity contribution in [2.45, 2.75) is 10.8 Å². The van der Waals surface area contributed by atoms with E-state index in [4.69, 9.17) is 0 Å². The third-order valence-electron chi connectivity index (χ3n) is 2.51. The lowest BCUT2D eigenvalue weighted by Crippen LogP contribution is -2.25. The maximum Gasteiger partial charge on any atom is 0.252 e. The molecule has 0 bridgehead atoms. The van der Waals surface area contributed by atoms with Crippen LogP contribution in [0.1, 0.15) is 5.56 Å². The molecule has 0 aliphatic rings. The Labute approximate surface area is 119 Å². The Balaban J connectivity index is 2.24. The molecule has 0 radical (unpaired) electrons. The number of thiophene rings is 1. The fourth-order valence-corrected chi connectivity index (χ4v) is 4.28. The number of hydrogen-bond acceptors (Lipinski definition) is 3. The van der Waals surface area contributed by atoms with Gasteiger partial charge in [-0.1, -0.05) is 40.2 Å². The van der Waals surface area contributed by atoms with E-state index in [-0.39, 0.29) is 0 Å². The number of hydrogen-bond donors (Lipinski definition) is 0. The van der Waals surface area contributed by atoms with Crippen LogP contribution >= 0.6 is 27.3 Å². The summed E-state index contributed by atoms with van der Waals surface area (Å²) in [6, 6.07) is 11.0. The van der Waals surface area contributed by atoms with E-state index < -0.39 is 10.0 Å². The first-order valence-electron chi connectivity index (χ1n) is 5.25. The zero-order valence-electron chi connectivity index (χ0n) is 9.71. The average Bonchev–Trinajstić information content (AvgIpc) is 2.86. The first kappa shape index (κ1) is 13.7. The van der Waals surface area contributed by atoms with E-state index in [9.17, 15) is 8.42 Å². The van der Waals surface area contributed by atoms with Gasteiger partial charge in [0.05, 0.1) is 0 Å². The molecule has 0 aliphatic carbocycles. The van der Waals surface area contributed by atoms with Gasteiger partial charge in [-0.15, -0.1) is 11.3 Å². The molecule has 0 fully saturated rings. The summed E-state index contributed by atoms with van der Waals surface area (Å²) in [5.74, 6) is 0. The summed E-state index contributed by atoms with van der Waals surface area (Å²) in [4.78, 5) is 0. The molecule has 18 heavy (non-hydrogen) atoms. The summed E-state index contributed by atoms with van der Waals surface area (Å²) < 4.78 is 27.1. The molecule has 2 rings (SSSR count). The summed E-state index contributed by atoms with van der Waals surface area (Å²) in [7, 11) is -1.79. The lowest BCUT2D eigenvalue weighted by atomic mass is 10.2. The van der Waals surface area contributed by atoms with Crippen molar-refractivity contribution in [2.75, 3.05) is 7.05 Å². The van der Waals surface area contributed by atoms with Gasteiger partial charge in [-0.05, 0) is 23.1 Å². The van der Waals surface area contributed by atoms with Crippen LogP contribution in [0.25, 0.3) is 0 Å². The SMILES string of the molecule is CN(Cc1ccccc1Br)S(=O)(=O)c1cccs1. The van der Waals surface area contributed by atoms with Crippen molar-refractivity contribution in [1.82, 2.24) is 4.31 Å². The third kappa shape index (κ3) is 2.83. The van der Waals surface area contributed by atoms with Crippen LogP contribution in [-0.2, 0) is 16.6 Å². The van der Waals surface area contributed by atoms with Gasteiger partial charge >= 0.3 is 0 Å². The molecule has 0 aliphatic heterocycles. The molecule has 1 aromatic carbocycles. The van der Waals surface area contributed by atoms with E-state index >= 15 is 0 Å². The fourth-order valence-electron chi connectivity index (χ4n) is 1.52. The van der Waals surface area contributed by atoms with Crippen molar-refractivity contribution in [3.05, 3.63) is 51.8 Å². The Morgan fingerprint density at radius 2 is 1.94 bits per heavy atom. The highest BCUT2D eigenvalue weighted by atomic mass is 79.9. The molecule has 0 spiro atoms. The van der Waals surface area contributed by atoms with Gasteiger partial charge in [-0.25, -0.2) is 8.42 Å². The van der Waals surface area contributed by atoms with Crippen LogP contribution < -0.4 is 0 Å². The molecule has 1 aromatic heterocycles. The Bertz CT molecular complexity index is 623. The van der Waals surface area contributed by atoms with Crippen LogP contribution in [0.15, 0.2) is 50.5 Å². The number of nitrogens with zero attached hydrogens (tertiary/aromatic N) is 1. The van der Waals surface area contributed by atoms with Crippen molar-refractivity contribution in [1.29, 1.82) is 0 Å². The molecule has 0 atom stereocenters. The van der Waals surface area contributed by atoms with E-state index in [1.165, 1.54) is 15.6 Å². The van der Waals surface area contributed by atoms with E-state index in [1.54, 1.807) is 24.6 Å². The topological polar surface area (TPSA) is 37.4 Å². The van der Waals surface area contributed by atoms with Crippen molar-refractivity contribution >= 4 is 37.3 Å². The quantitative estimate of drug-likeness (QED) is 0.852. The fraction of sp³-hybridized carbons (Fsp3) is 0.167. The minimum Gasteiger partial charge on any atom is -0.206 e. The molecule has 6 heteroatoms. The molecule has 96 valence electrons. The maximum absolute atomic E-state index is 12.2. The Morgan fingerprint density at radius 1 is 1.22 bits per heavy atom. The first-order valence-corrected chi connectivity index (χ1v) is 8.36. The number of halogens is 1. The van der Waals surface area contributed by atoms with E-state index in [0.717, 1.165) is 10.0 Å². The summed E-state index contributed by atoms with van der Waals surface area (Å²) in [6.45, 7) is 0.349. The summed E-state index contributed by atoms with van der Waals surface area (Å²) in [5, 5.41) is 1.76. The minimum absolute atomic E-state index is 0.349. The average molecular weight is 346 g/mol. The standard InChI is InChI=1S/C12H12BrNO2S2/c1-14(9-10-5-2-3-6-11(10)13)18(15,16)12-7-4-8-17-12/h2-8H,9H2,1H3. The van der Waals surface area contributed by atoms with E-state index in [0.29, 0.717) is 10.8 Å². The highest BCUT2D eigenvalue weighted by molar-refractivity contribution is 9.10. The van der Waals surface area contributed by atoms with Crippen LogP contribution in [0, 0.1) is 0 Å². The molecular formula is C12H12BrNO2S2. The second-order valence-electron chi connectivity index (χ2n) is 3.78. The van der Waals surface area contributed by atoms with Gasteiger partial charge < -0.3 is 0 Å². The Hall–Kier alpha value is -0.690. The van der Waals surface area contributed by atoms with Gasteiger partial charge in [0.25, 0.3) is 10.0 Å². The first-order chi connectivity index (χ1) is 8.51. The Kier molecular flexibility index (Phi) is 4.21. The third-order valence-corrected chi connectivity index (χ3v) is 6.46. The molecular weight excluding hydrogens is 334 g/mol. The number of benzene rings is 1. The van der Waals surface area contributed by atoms with Crippen molar-refractivity contribution in [2.24, 2.45) is 0 Å². The molecule has 0 N–H and O–H groups in total. The molecule has 0 saturated heterocycles. The molecule has 0 saturated carbocycles. The van der Waals surface area contributed by atoms with E-state index in [1.807, 2.05) is 24.3 Å². The molecule has 2 aromatic rings. The van der Waals surface area contributed by atoms with Crippen LogP contribution in [-0.4, -0.2) is 19.8 Å². The summed E-state index contributed by atoms with van der Waals surface area (Å²) in [5.41, 5.74) is 0.945. The number of rotatable bonds is 4. The lowest BCUT2D eigenvalue weighted by molar-refractivity contribution is 0.468. The highest BCUT2D eigenvalue weighted by Gasteiger charge is 2.22.